The van der Waals surface area contributed by atoms with Crippen LogP contribution in [0.25, 0.3) is 11.0 Å². The van der Waals surface area contributed by atoms with Crippen molar-refractivity contribution in [3.05, 3.63) is 30.6 Å². The van der Waals surface area contributed by atoms with E-state index in [2.05, 4.69) is 53.8 Å². The molecule has 2 rings (SSSR count). The molecule has 0 radical (unpaired) electrons. The van der Waals surface area contributed by atoms with Crippen molar-refractivity contribution in [2.24, 2.45) is 14.1 Å². The number of hydrogen-bond acceptors (Lipinski definition) is 4. The third-order valence-electron chi connectivity index (χ3n) is 1.99. The number of halogens is 1. The molecule has 1 aromatic carbocycles. The van der Waals surface area contributed by atoms with E-state index in [4.69, 9.17) is 18.6 Å². The van der Waals surface area contributed by atoms with Gasteiger partial charge in [0, 0.05) is 0 Å². The molecule has 0 aliphatic rings. The van der Waals surface area contributed by atoms with Crippen LogP contribution in [0.5, 0.6) is 0 Å². The summed E-state index contributed by atoms with van der Waals surface area (Å²) >= 11 is 0. The first-order chi connectivity index (χ1) is 7.29. The molecule has 16 heavy (non-hydrogen) atoms. The molecule has 0 aliphatic carbocycles. The maximum Gasteiger partial charge on any atom is 0.244 e. The van der Waals surface area contributed by atoms with Crippen LogP contribution >= 0.6 is 0 Å². The molecule has 0 fully saturated rings. The minimum Gasteiger partial charge on any atom is -0.233 e. The van der Waals surface area contributed by atoms with Gasteiger partial charge in [-0.1, -0.05) is 12.1 Å². The van der Waals surface area contributed by atoms with E-state index in [0.717, 1.165) is 0 Å². The zero-order valence-corrected chi connectivity index (χ0v) is 9.55. The Balaban J connectivity index is 0.000000221. The quantitative estimate of drug-likeness (QED) is 0.446. The first-order valence-corrected chi connectivity index (χ1v) is 5.54. The monoisotopic (exact) mass is 246 g/mol. The van der Waals surface area contributed by atoms with Gasteiger partial charge < -0.3 is 0 Å². The van der Waals surface area contributed by atoms with Crippen molar-refractivity contribution in [3.8, 4) is 0 Å². The first kappa shape index (κ1) is 12.9. The Labute approximate surface area is 94.3 Å². The summed E-state index contributed by atoms with van der Waals surface area (Å²) in [5, 5.41) is 0. The Morgan fingerprint density at radius 2 is 1.62 bits per heavy atom. The Morgan fingerprint density at radius 3 is 2.12 bits per heavy atom. The standard InChI is InChI=1S/C9H11N2.ClHO4/c1-10-7-11(2)9-6-4-3-5-8(9)10;2-1(3,4)5/h3-7H,1-2H3;(H,2,3,4,5)/q+1;/p-1. The Kier molecular flexibility index (Phi) is 3.84. The molecular formula is C9H11ClN2O4. The number of imidazole rings is 1. The number of rotatable bonds is 0. The van der Waals surface area contributed by atoms with Gasteiger partial charge in [-0.25, -0.2) is 27.8 Å². The lowest BCUT2D eigenvalue weighted by atomic mass is 10.3. The van der Waals surface area contributed by atoms with Crippen molar-refractivity contribution < 1.29 is 33.4 Å². The number of para-hydroxylation sites is 2. The van der Waals surface area contributed by atoms with Gasteiger partial charge in [0.25, 0.3) is 0 Å². The smallest absolute Gasteiger partial charge is 0.233 e. The van der Waals surface area contributed by atoms with E-state index in [1.165, 1.54) is 11.0 Å². The molecule has 0 N–H and O–H groups in total. The van der Waals surface area contributed by atoms with E-state index in [-0.39, 0.29) is 0 Å². The number of benzene rings is 1. The summed E-state index contributed by atoms with van der Waals surface area (Å²) in [6, 6.07) is 8.36. The number of hydrogen-bond donors (Lipinski definition) is 0. The highest BCUT2D eigenvalue weighted by atomic mass is 35.7. The van der Waals surface area contributed by atoms with Crippen molar-refractivity contribution >= 4 is 11.0 Å². The van der Waals surface area contributed by atoms with Crippen molar-refractivity contribution in [2.45, 2.75) is 0 Å². The second-order valence-electron chi connectivity index (χ2n) is 3.20. The van der Waals surface area contributed by atoms with Gasteiger partial charge in [-0.3, -0.25) is 0 Å². The molecule has 0 amide bonds. The van der Waals surface area contributed by atoms with E-state index in [0.29, 0.717) is 0 Å². The van der Waals surface area contributed by atoms with E-state index >= 15 is 0 Å². The summed E-state index contributed by atoms with van der Waals surface area (Å²) in [5.74, 6) is 0. The zero-order valence-electron chi connectivity index (χ0n) is 8.79. The fourth-order valence-electron chi connectivity index (χ4n) is 1.44. The van der Waals surface area contributed by atoms with Gasteiger partial charge in [-0.2, -0.15) is 0 Å². The van der Waals surface area contributed by atoms with Crippen LogP contribution in [0.4, 0.5) is 0 Å². The molecule has 0 saturated heterocycles. The predicted molar refractivity (Wildman–Crippen MR) is 44.1 cm³/mol. The molecule has 7 heteroatoms. The van der Waals surface area contributed by atoms with Crippen LogP contribution in [0, 0.1) is 10.2 Å². The van der Waals surface area contributed by atoms with Crippen molar-refractivity contribution in [1.82, 2.24) is 4.57 Å². The minimum absolute atomic E-state index is 1.27. The largest absolute Gasteiger partial charge is 0.244 e. The van der Waals surface area contributed by atoms with Gasteiger partial charge in [0.2, 0.25) is 6.33 Å². The van der Waals surface area contributed by atoms with Gasteiger partial charge in [-0.05, 0) is 12.1 Å². The average Bonchev–Trinajstić information content (AvgIpc) is 2.41. The second kappa shape index (κ2) is 4.77. The maximum atomic E-state index is 8.49. The summed E-state index contributed by atoms with van der Waals surface area (Å²) in [6.45, 7) is 0. The number of nitrogens with zero attached hydrogens (tertiary/aromatic N) is 2. The fourth-order valence-corrected chi connectivity index (χ4v) is 1.44. The van der Waals surface area contributed by atoms with Crippen LogP contribution in [0.3, 0.4) is 0 Å². The molecule has 1 aromatic heterocycles. The van der Waals surface area contributed by atoms with Crippen molar-refractivity contribution in [1.29, 1.82) is 0 Å². The van der Waals surface area contributed by atoms with Crippen LogP contribution in [-0.2, 0) is 14.1 Å². The first-order valence-electron chi connectivity index (χ1n) is 4.30. The Morgan fingerprint density at radius 1 is 1.12 bits per heavy atom. The minimum atomic E-state index is -4.94. The lowest BCUT2D eigenvalue weighted by Crippen LogP contribution is -2.68. The van der Waals surface area contributed by atoms with Crippen LogP contribution in [-0.4, -0.2) is 4.57 Å². The molecule has 0 saturated carbocycles. The maximum absolute atomic E-state index is 8.49. The highest BCUT2D eigenvalue weighted by Gasteiger charge is 2.06. The summed E-state index contributed by atoms with van der Waals surface area (Å²) in [6.07, 6.45) is 2.07. The van der Waals surface area contributed by atoms with Gasteiger partial charge in [-0.15, -0.1) is 10.2 Å². The van der Waals surface area contributed by atoms with E-state index in [1.807, 2.05) is 0 Å². The predicted octanol–water partition coefficient (Wildman–Crippen LogP) is -3.75. The Bertz CT molecular complexity index is 436. The van der Waals surface area contributed by atoms with Crippen LogP contribution in [0.2, 0.25) is 0 Å². The summed E-state index contributed by atoms with van der Waals surface area (Å²) in [4.78, 5) is 0. The van der Waals surface area contributed by atoms with E-state index in [9.17, 15) is 0 Å². The molecule has 0 spiro atoms. The average molecular weight is 247 g/mol. The van der Waals surface area contributed by atoms with Crippen LogP contribution in [0.1, 0.15) is 0 Å². The topological polar surface area (TPSA) is 101 Å². The SMILES string of the molecule is Cn1c[n+](C)c2ccccc21.[O-][Cl+3]([O-])([O-])[O-]. The molecule has 0 bridgehead atoms. The van der Waals surface area contributed by atoms with Gasteiger partial charge in [0.15, 0.2) is 11.0 Å². The third kappa shape index (κ3) is 3.76. The lowest BCUT2D eigenvalue weighted by molar-refractivity contribution is -2.00. The highest BCUT2D eigenvalue weighted by Crippen LogP contribution is 2.07. The number of aryl methyl sites for hydroxylation is 2. The van der Waals surface area contributed by atoms with Gasteiger partial charge in [0.1, 0.15) is 0 Å². The Hall–Kier alpha value is -1.18. The fraction of sp³-hybridized carbons (Fsp3) is 0.222. The third-order valence-corrected chi connectivity index (χ3v) is 1.99. The normalized spacial score (nSPS) is 11.1. The molecule has 1 heterocycles. The van der Waals surface area contributed by atoms with Crippen LogP contribution < -0.4 is 23.2 Å². The van der Waals surface area contributed by atoms with E-state index < -0.39 is 10.2 Å². The van der Waals surface area contributed by atoms with Gasteiger partial charge >= 0.3 is 0 Å². The summed E-state index contributed by atoms with van der Waals surface area (Å²) < 4.78 is 38.2. The zero-order chi connectivity index (χ0) is 12.3. The van der Waals surface area contributed by atoms with Crippen molar-refractivity contribution in [3.63, 3.8) is 0 Å². The van der Waals surface area contributed by atoms with E-state index in [1.54, 1.807) is 0 Å². The number of fused-ring (bicyclic) bond motifs is 1. The number of aromatic nitrogens is 2. The molecule has 0 unspecified atom stereocenters. The molecular weight excluding hydrogens is 236 g/mol. The lowest BCUT2D eigenvalue weighted by Gasteiger charge is -2.17. The summed E-state index contributed by atoms with van der Waals surface area (Å²) in [5.41, 5.74) is 2.55. The molecule has 6 nitrogen and oxygen atoms in total. The van der Waals surface area contributed by atoms with Gasteiger partial charge in [0.05, 0.1) is 14.1 Å². The molecule has 2 aromatic rings. The van der Waals surface area contributed by atoms with Crippen molar-refractivity contribution in [2.75, 3.05) is 0 Å². The van der Waals surface area contributed by atoms with Crippen LogP contribution in [0.15, 0.2) is 30.6 Å². The highest BCUT2D eigenvalue weighted by molar-refractivity contribution is 5.71. The molecule has 88 valence electrons. The molecule has 0 aliphatic heterocycles. The molecule has 0 atom stereocenters. The second-order valence-corrected chi connectivity index (χ2v) is 3.96. The summed E-state index contributed by atoms with van der Waals surface area (Å²) in [7, 11) is -0.829.